The van der Waals surface area contributed by atoms with Crippen LogP contribution in [0.4, 0.5) is 0 Å². The zero-order valence-electron chi connectivity index (χ0n) is 9.57. The molecule has 0 saturated heterocycles. The monoisotopic (exact) mass is 208 g/mol. The van der Waals surface area contributed by atoms with E-state index in [1.165, 1.54) is 11.1 Å². The van der Waals surface area contributed by atoms with Gasteiger partial charge in [-0.05, 0) is 30.9 Å². The molecule has 0 radical (unpaired) electrons. The molecule has 84 valence electrons. The lowest BCUT2D eigenvalue weighted by molar-refractivity contribution is 0.0662. The van der Waals surface area contributed by atoms with Crippen LogP contribution in [0.2, 0.25) is 0 Å². The predicted octanol–water partition coefficient (Wildman–Crippen LogP) is 2.71. The highest BCUT2D eigenvalue weighted by molar-refractivity contribution is 5.24. The zero-order valence-corrected chi connectivity index (χ0v) is 9.57. The third-order valence-electron chi connectivity index (χ3n) is 2.42. The normalized spacial score (nSPS) is 12.7. The Bertz CT molecular complexity index is 266. The van der Waals surface area contributed by atoms with Crippen molar-refractivity contribution in [2.75, 3.05) is 13.2 Å². The van der Waals surface area contributed by atoms with E-state index >= 15 is 0 Å². The van der Waals surface area contributed by atoms with Crippen molar-refractivity contribution < 1.29 is 9.84 Å². The van der Waals surface area contributed by atoms with E-state index in [-0.39, 0.29) is 12.7 Å². The number of aliphatic hydroxyl groups is 1. The summed E-state index contributed by atoms with van der Waals surface area (Å²) in [6.45, 7) is 5.19. The van der Waals surface area contributed by atoms with Crippen molar-refractivity contribution in [3.05, 3.63) is 35.4 Å². The molecule has 1 aromatic rings. The minimum atomic E-state index is 0.160. The first-order valence-electron chi connectivity index (χ1n) is 5.59. The minimum Gasteiger partial charge on any atom is -0.396 e. The fraction of sp³-hybridized carbons (Fsp3) is 0.538. The Hall–Kier alpha value is -0.860. The molecule has 0 saturated carbocycles. The average Bonchev–Trinajstić information content (AvgIpc) is 2.27. The average molecular weight is 208 g/mol. The highest BCUT2D eigenvalue weighted by Crippen LogP contribution is 2.17. The maximum Gasteiger partial charge on any atom is 0.0796 e. The Morgan fingerprint density at radius 3 is 2.47 bits per heavy atom. The molecule has 2 nitrogen and oxygen atoms in total. The summed E-state index contributed by atoms with van der Waals surface area (Å²) in [6, 6.07) is 8.26. The Labute approximate surface area is 91.9 Å². The number of hydrogen-bond acceptors (Lipinski definition) is 2. The molecular weight excluding hydrogens is 188 g/mol. The smallest absolute Gasteiger partial charge is 0.0796 e. The van der Waals surface area contributed by atoms with E-state index in [2.05, 4.69) is 38.1 Å². The quantitative estimate of drug-likeness (QED) is 0.779. The van der Waals surface area contributed by atoms with Crippen LogP contribution in [0.1, 0.15) is 37.5 Å². The van der Waals surface area contributed by atoms with E-state index in [0.29, 0.717) is 0 Å². The van der Waals surface area contributed by atoms with Crippen LogP contribution in [0.25, 0.3) is 0 Å². The second kappa shape index (κ2) is 6.59. The summed E-state index contributed by atoms with van der Waals surface area (Å²) in [4.78, 5) is 0. The molecule has 1 aromatic carbocycles. The van der Waals surface area contributed by atoms with Gasteiger partial charge < -0.3 is 9.84 Å². The summed E-state index contributed by atoms with van der Waals surface area (Å²) in [5.74, 6) is 0. The van der Waals surface area contributed by atoms with E-state index in [1.54, 1.807) is 0 Å². The summed E-state index contributed by atoms with van der Waals surface area (Å²) in [5.41, 5.74) is 2.37. The Morgan fingerprint density at radius 2 is 1.93 bits per heavy atom. The third kappa shape index (κ3) is 4.02. The van der Waals surface area contributed by atoms with E-state index in [4.69, 9.17) is 9.84 Å². The van der Waals surface area contributed by atoms with Gasteiger partial charge in [0.25, 0.3) is 0 Å². The van der Waals surface area contributed by atoms with Crippen molar-refractivity contribution >= 4 is 0 Å². The van der Waals surface area contributed by atoms with Crippen LogP contribution in [0.15, 0.2) is 24.3 Å². The third-order valence-corrected chi connectivity index (χ3v) is 2.42. The van der Waals surface area contributed by atoms with Gasteiger partial charge in [0.1, 0.15) is 0 Å². The molecule has 0 aliphatic rings. The Morgan fingerprint density at radius 1 is 1.27 bits per heavy atom. The zero-order chi connectivity index (χ0) is 11.1. The molecule has 0 aliphatic carbocycles. The van der Waals surface area contributed by atoms with Gasteiger partial charge in [-0.3, -0.25) is 0 Å². The number of benzene rings is 1. The molecule has 1 rings (SSSR count). The number of aliphatic hydroxyl groups excluding tert-OH is 1. The Kier molecular flexibility index (Phi) is 5.37. The van der Waals surface area contributed by atoms with Crippen LogP contribution in [0.5, 0.6) is 0 Å². The molecule has 0 spiro atoms. The van der Waals surface area contributed by atoms with Crippen molar-refractivity contribution in [3.63, 3.8) is 0 Å². The molecule has 0 fully saturated rings. The Balaban J connectivity index is 2.54. The van der Waals surface area contributed by atoms with Crippen LogP contribution >= 0.6 is 0 Å². The standard InChI is InChI=1S/C13H20O2/c1-3-10-15-11(2)13-6-4-12(5-7-13)8-9-14/h4-7,11,14H,3,8-10H2,1-2H3/t11-/m0/s1. The van der Waals surface area contributed by atoms with Gasteiger partial charge in [-0.2, -0.15) is 0 Å². The van der Waals surface area contributed by atoms with E-state index < -0.39 is 0 Å². The lowest BCUT2D eigenvalue weighted by Gasteiger charge is -2.13. The van der Waals surface area contributed by atoms with Gasteiger partial charge in [0.15, 0.2) is 0 Å². The van der Waals surface area contributed by atoms with Gasteiger partial charge in [-0.15, -0.1) is 0 Å². The maximum atomic E-state index is 8.79. The van der Waals surface area contributed by atoms with Crippen molar-refractivity contribution in [3.8, 4) is 0 Å². The molecule has 0 heterocycles. The molecular formula is C13H20O2. The maximum absolute atomic E-state index is 8.79. The fourth-order valence-electron chi connectivity index (χ4n) is 1.48. The molecule has 0 aliphatic heterocycles. The van der Waals surface area contributed by atoms with E-state index in [0.717, 1.165) is 19.4 Å². The van der Waals surface area contributed by atoms with E-state index in [9.17, 15) is 0 Å². The summed E-state index contributed by atoms with van der Waals surface area (Å²) >= 11 is 0. The van der Waals surface area contributed by atoms with Gasteiger partial charge in [0.2, 0.25) is 0 Å². The highest BCUT2D eigenvalue weighted by atomic mass is 16.5. The van der Waals surface area contributed by atoms with Crippen molar-refractivity contribution in [2.45, 2.75) is 32.8 Å². The highest BCUT2D eigenvalue weighted by Gasteiger charge is 2.04. The van der Waals surface area contributed by atoms with Gasteiger partial charge in [0, 0.05) is 13.2 Å². The largest absolute Gasteiger partial charge is 0.396 e. The summed E-state index contributed by atoms with van der Waals surface area (Å²) in [5, 5.41) is 8.79. The number of hydrogen-bond donors (Lipinski definition) is 1. The van der Waals surface area contributed by atoms with Crippen molar-refractivity contribution in [2.24, 2.45) is 0 Å². The molecule has 0 bridgehead atoms. The second-order valence-electron chi connectivity index (χ2n) is 3.73. The number of rotatable bonds is 6. The van der Waals surface area contributed by atoms with Gasteiger partial charge in [-0.25, -0.2) is 0 Å². The molecule has 0 aromatic heterocycles. The molecule has 0 unspecified atom stereocenters. The summed E-state index contributed by atoms with van der Waals surface area (Å²) < 4.78 is 5.63. The van der Waals surface area contributed by atoms with Crippen LogP contribution in [-0.4, -0.2) is 18.3 Å². The summed E-state index contributed by atoms with van der Waals surface area (Å²) in [7, 11) is 0. The fourth-order valence-corrected chi connectivity index (χ4v) is 1.48. The lowest BCUT2D eigenvalue weighted by atomic mass is 10.1. The molecule has 15 heavy (non-hydrogen) atoms. The first-order chi connectivity index (χ1) is 7.27. The van der Waals surface area contributed by atoms with Gasteiger partial charge >= 0.3 is 0 Å². The lowest BCUT2D eigenvalue weighted by Crippen LogP contribution is -2.01. The van der Waals surface area contributed by atoms with Crippen LogP contribution < -0.4 is 0 Å². The van der Waals surface area contributed by atoms with Gasteiger partial charge in [0.05, 0.1) is 6.10 Å². The molecule has 1 N–H and O–H groups in total. The predicted molar refractivity (Wildman–Crippen MR) is 61.9 cm³/mol. The molecule has 0 amide bonds. The minimum absolute atomic E-state index is 0.160. The first kappa shape index (κ1) is 12.2. The van der Waals surface area contributed by atoms with Crippen molar-refractivity contribution in [1.29, 1.82) is 0 Å². The van der Waals surface area contributed by atoms with Crippen molar-refractivity contribution in [1.82, 2.24) is 0 Å². The van der Waals surface area contributed by atoms with Crippen LogP contribution in [-0.2, 0) is 11.2 Å². The molecule has 1 atom stereocenters. The van der Waals surface area contributed by atoms with Crippen LogP contribution in [0.3, 0.4) is 0 Å². The number of ether oxygens (including phenoxy) is 1. The second-order valence-corrected chi connectivity index (χ2v) is 3.73. The summed E-state index contributed by atoms with van der Waals surface area (Å²) in [6.07, 6.45) is 1.94. The first-order valence-corrected chi connectivity index (χ1v) is 5.59. The van der Waals surface area contributed by atoms with Gasteiger partial charge in [-0.1, -0.05) is 31.2 Å². The SMILES string of the molecule is CCCO[C@@H](C)c1ccc(CCO)cc1. The van der Waals surface area contributed by atoms with E-state index in [1.807, 2.05) is 0 Å². The topological polar surface area (TPSA) is 29.5 Å². The molecule has 2 heteroatoms. The van der Waals surface area contributed by atoms with Crippen LogP contribution in [0, 0.1) is 0 Å².